The summed E-state index contributed by atoms with van der Waals surface area (Å²) in [6.07, 6.45) is 6.27. The first-order valence-electron chi connectivity index (χ1n) is 10.4. The van der Waals surface area contributed by atoms with Gasteiger partial charge in [-0.1, -0.05) is 12.1 Å². The Bertz CT molecular complexity index is 1400. The average Bonchev–Trinajstić information content (AvgIpc) is 3.20. The fourth-order valence-electron chi connectivity index (χ4n) is 4.10. The van der Waals surface area contributed by atoms with Crippen molar-refractivity contribution in [2.24, 2.45) is 0 Å². The molecule has 7 heteroatoms. The van der Waals surface area contributed by atoms with Gasteiger partial charge in [0, 0.05) is 65.3 Å². The second kappa shape index (κ2) is 7.85. The normalized spacial score (nSPS) is 12.6. The van der Waals surface area contributed by atoms with Crippen LogP contribution < -0.4 is 10.6 Å². The highest BCUT2D eigenvalue weighted by Crippen LogP contribution is 2.29. The number of aryl methyl sites for hydroxylation is 1. The fraction of sp³-hybridized carbons (Fsp3) is 0.160. The van der Waals surface area contributed by atoms with E-state index in [9.17, 15) is 9.59 Å². The van der Waals surface area contributed by atoms with Gasteiger partial charge in [-0.15, -0.1) is 0 Å². The standard InChI is InChI=1S/C25H21N5O2/c1-14-21(15-8-16-12-29-24(26-2)10-22(16)28-11-15)9-17(13-27-14)30-25(32)20-5-3-4-19-18(20)6-7-23(19)31/h3-5,8-13H,6-7H2,1-2H3,(H,26,29)(H,30,32). The minimum absolute atomic E-state index is 0.0917. The smallest absolute Gasteiger partial charge is 0.256 e. The van der Waals surface area contributed by atoms with Crippen LogP contribution in [0.1, 0.15) is 38.4 Å². The van der Waals surface area contributed by atoms with Gasteiger partial charge in [0.2, 0.25) is 0 Å². The Balaban J connectivity index is 1.46. The summed E-state index contributed by atoms with van der Waals surface area (Å²) in [6, 6.07) is 11.1. The molecular weight excluding hydrogens is 402 g/mol. The maximum atomic E-state index is 13.0. The van der Waals surface area contributed by atoms with Gasteiger partial charge in [-0.25, -0.2) is 4.98 Å². The van der Waals surface area contributed by atoms with Crippen LogP contribution in [0.2, 0.25) is 0 Å². The molecule has 4 aromatic rings. The molecule has 0 saturated carbocycles. The number of pyridine rings is 3. The first kappa shape index (κ1) is 19.8. The summed E-state index contributed by atoms with van der Waals surface area (Å²) in [7, 11) is 1.82. The predicted molar refractivity (Wildman–Crippen MR) is 124 cm³/mol. The van der Waals surface area contributed by atoms with Crippen molar-refractivity contribution in [1.82, 2.24) is 15.0 Å². The van der Waals surface area contributed by atoms with Crippen LogP contribution in [0.5, 0.6) is 0 Å². The van der Waals surface area contributed by atoms with Crippen molar-refractivity contribution in [3.63, 3.8) is 0 Å². The summed E-state index contributed by atoms with van der Waals surface area (Å²) >= 11 is 0. The zero-order valence-corrected chi connectivity index (χ0v) is 17.8. The Morgan fingerprint density at radius 1 is 0.969 bits per heavy atom. The molecule has 0 saturated heterocycles. The number of nitrogens with zero attached hydrogens (tertiary/aromatic N) is 3. The van der Waals surface area contributed by atoms with Crippen LogP contribution in [0.25, 0.3) is 22.0 Å². The number of hydrogen-bond acceptors (Lipinski definition) is 6. The van der Waals surface area contributed by atoms with E-state index in [4.69, 9.17) is 0 Å². The van der Waals surface area contributed by atoms with Gasteiger partial charge in [-0.05, 0) is 37.1 Å². The number of carbonyl (C=O) groups is 2. The number of hydrogen-bond donors (Lipinski definition) is 2. The second-order valence-electron chi connectivity index (χ2n) is 7.80. The summed E-state index contributed by atoms with van der Waals surface area (Å²) in [5, 5.41) is 6.87. The predicted octanol–water partition coefficient (Wildman–Crippen LogP) is 4.42. The average molecular weight is 423 g/mol. The molecule has 0 fully saturated rings. The van der Waals surface area contributed by atoms with E-state index in [1.165, 1.54) is 0 Å². The van der Waals surface area contributed by atoms with Gasteiger partial charge >= 0.3 is 0 Å². The molecule has 0 atom stereocenters. The van der Waals surface area contributed by atoms with E-state index in [-0.39, 0.29) is 11.7 Å². The summed E-state index contributed by atoms with van der Waals surface area (Å²) in [5.41, 5.74) is 6.04. The van der Waals surface area contributed by atoms with Crippen molar-refractivity contribution in [3.8, 4) is 11.1 Å². The highest BCUT2D eigenvalue weighted by molar-refractivity contribution is 6.10. The van der Waals surface area contributed by atoms with Crippen molar-refractivity contribution in [3.05, 3.63) is 77.4 Å². The maximum absolute atomic E-state index is 13.0. The lowest BCUT2D eigenvalue weighted by Gasteiger charge is -2.12. The van der Waals surface area contributed by atoms with Crippen LogP contribution in [0.3, 0.4) is 0 Å². The Morgan fingerprint density at radius 2 is 1.84 bits per heavy atom. The monoisotopic (exact) mass is 423 g/mol. The number of amides is 1. The quantitative estimate of drug-likeness (QED) is 0.504. The van der Waals surface area contributed by atoms with E-state index in [2.05, 4.69) is 25.6 Å². The van der Waals surface area contributed by atoms with Crippen molar-refractivity contribution in [1.29, 1.82) is 0 Å². The Morgan fingerprint density at radius 3 is 2.69 bits per heavy atom. The number of rotatable bonds is 4. The molecule has 5 rings (SSSR count). The minimum atomic E-state index is -0.242. The number of ketones is 1. The molecule has 0 bridgehead atoms. The summed E-state index contributed by atoms with van der Waals surface area (Å²) < 4.78 is 0. The number of benzene rings is 1. The first-order valence-corrected chi connectivity index (χ1v) is 10.4. The zero-order chi connectivity index (χ0) is 22.2. The Kier molecular flexibility index (Phi) is 4.86. The van der Waals surface area contributed by atoms with E-state index in [1.54, 1.807) is 36.8 Å². The molecule has 158 valence electrons. The Hall–Kier alpha value is -4.13. The Labute approximate surface area is 184 Å². The van der Waals surface area contributed by atoms with Crippen LogP contribution >= 0.6 is 0 Å². The highest BCUT2D eigenvalue weighted by Gasteiger charge is 2.24. The van der Waals surface area contributed by atoms with Crippen LogP contribution in [-0.4, -0.2) is 33.7 Å². The molecule has 32 heavy (non-hydrogen) atoms. The molecular formula is C25H21N5O2. The number of anilines is 2. The molecule has 3 heterocycles. The molecule has 0 spiro atoms. The molecule has 7 nitrogen and oxygen atoms in total. The van der Waals surface area contributed by atoms with Crippen molar-refractivity contribution in [2.45, 2.75) is 19.8 Å². The number of nitrogens with one attached hydrogen (secondary N) is 2. The van der Waals surface area contributed by atoms with Gasteiger partial charge < -0.3 is 10.6 Å². The minimum Gasteiger partial charge on any atom is -0.373 e. The van der Waals surface area contributed by atoms with E-state index in [0.717, 1.165) is 39.1 Å². The van der Waals surface area contributed by atoms with Crippen molar-refractivity contribution < 1.29 is 9.59 Å². The molecule has 1 aliphatic carbocycles. The number of aromatic nitrogens is 3. The topological polar surface area (TPSA) is 96.9 Å². The SMILES string of the molecule is CNc1cc2ncc(-c3cc(NC(=O)c4cccc5c4CCC5=O)cnc3C)cc2cn1. The van der Waals surface area contributed by atoms with Crippen LogP contribution in [0.4, 0.5) is 11.5 Å². The molecule has 0 unspecified atom stereocenters. The van der Waals surface area contributed by atoms with E-state index in [1.807, 2.05) is 32.2 Å². The lowest BCUT2D eigenvalue weighted by molar-refractivity contribution is 0.0993. The van der Waals surface area contributed by atoms with Crippen molar-refractivity contribution in [2.75, 3.05) is 17.7 Å². The highest BCUT2D eigenvalue weighted by atomic mass is 16.1. The zero-order valence-electron chi connectivity index (χ0n) is 17.8. The van der Waals surface area contributed by atoms with Crippen molar-refractivity contribution >= 4 is 34.1 Å². The third kappa shape index (κ3) is 3.47. The lowest BCUT2D eigenvalue weighted by Crippen LogP contribution is -2.14. The summed E-state index contributed by atoms with van der Waals surface area (Å²) in [5.74, 6) is 0.608. The number of Topliss-reactive ketones (excluding diaryl/α,β-unsaturated/α-hetero) is 1. The van der Waals surface area contributed by atoms with E-state index < -0.39 is 0 Å². The van der Waals surface area contributed by atoms with Gasteiger partial charge in [-0.3, -0.25) is 19.6 Å². The van der Waals surface area contributed by atoms with Crippen LogP contribution in [0.15, 0.2) is 55.0 Å². The van der Waals surface area contributed by atoms with Crippen LogP contribution in [0, 0.1) is 6.92 Å². The third-order valence-electron chi connectivity index (χ3n) is 5.80. The lowest BCUT2D eigenvalue weighted by atomic mass is 10.0. The van der Waals surface area contributed by atoms with Gasteiger partial charge in [0.05, 0.1) is 17.4 Å². The fourth-order valence-corrected chi connectivity index (χ4v) is 4.10. The van der Waals surface area contributed by atoms with E-state index >= 15 is 0 Å². The van der Waals surface area contributed by atoms with Gasteiger partial charge in [-0.2, -0.15) is 0 Å². The molecule has 1 amide bonds. The molecule has 3 aromatic heterocycles. The second-order valence-corrected chi connectivity index (χ2v) is 7.80. The van der Waals surface area contributed by atoms with Gasteiger partial charge in [0.25, 0.3) is 5.91 Å². The molecule has 2 N–H and O–H groups in total. The molecule has 0 aliphatic heterocycles. The number of fused-ring (bicyclic) bond motifs is 2. The summed E-state index contributed by atoms with van der Waals surface area (Å²) in [4.78, 5) is 38.4. The summed E-state index contributed by atoms with van der Waals surface area (Å²) in [6.45, 7) is 1.92. The van der Waals surface area contributed by atoms with Gasteiger partial charge in [0.15, 0.2) is 5.78 Å². The number of carbonyl (C=O) groups excluding carboxylic acids is 2. The van der Waals surface area contributed by atoms with Gasteiger partial charge in [0.1, 0.15) is 5.82 Å². The van der Waals surface area contributed by atoms with E-state index in [0.29, 0.717) is 29.7 Å². The first-order chi connectivity index (χ1) is 15.5. The molecule has 0 radical (unpaired) electrons. The van der Waals surface area contributed by atoms with Crippen LogP contribution in [-0.2, 0) is 6.42 Å². The largest absolute Gasteiger partial charge is 0.373 e. The third-order valence-corrected chi connectivity index (χ3v) is 5.80. The molecule has 1 aliphatic rings. The molecule has 1 aromatic carbocycles. The maximum Gasteiger partial charge on any atom is 0.256 e.